The molecule has 0 aliphatic heterocycles. The number of aromatic nitrogens is 2. The monoisotopic (exact) mass is 188 g/mol. The van der Waals surface area contributed by atoms with E-state index in [9.17, 15) is 0 Å². The van der Waals surface area contributed by atoms with Gasteiger partial charge in [-0.2, -0.15) is 10.2 Å². The summed E-state index contributed by atoms with van der Waals surface area (Å²) in [6.45, 7) is 3.99. The highest BCUT2D eigenvalue weighted by Crippen LogP contribution is 2.22. The van der Waals surface area contributed by atoms with Gasteiger partial charge in [-0.05, 0) is 26.0 Å². The van der Waals surface area contributed by atoms with Crippen LogP contribution in [0.5, 0.6) is 5.75 Å². The third-order valence-electron chi connectivity index (χ3n) is 1.87. The molecular weight excluding hydrogens is 176 g/mol. The van der Waals surface area contributed by atoms with E-state index in [1.165, 1.54) is 0 Å². The van der Waals surface area contributed by atoms with Crippen molar-refractivity contribution < 1.29 is 4.74 Å². The summed E-state index contributed by atoms with van der Waals surface area (Å²) in [6.07, 6.45) is 1.81. The van der Waals surface area contributed by atoms with Crippen LogP contribution in [0.4, 0.5) is 0 Å². The Morgan fingerprint density at radius 3 is 2.79 bits per heavy atom. The van der Waals surface area contributed by atoms with Gasteiger partial charge in [-0.3, -0.25) is 0 Å². The Hall–Kier alpha value is -1.64. The third-order valence-corrected chi connectivity index (χ3v) is 1.87. The molecule has 14 heavy (non-hydrogen) atoms. The van der Waals surface area contributed by atoms with Crippen molar-refractivity contribution in [3.05, 3.63) is 30.5 Å². The molecular formula is C11H12N2O. The van der Waals surface area contributed by atoms with Crippen molar-refractivity contribution in [1.29, 1.82) is 0 Å². The van der Waals surface area contributed by atoms with Crippen LogP contribution in [-0.2, 0) is 0 Å². The van der Waals surface area contributed by atoms with Gasteiger partial charge in [-0.15, -0.1) is 0 Å². The quantitative estimate of drug-likeness (QED) is 0.726. The van der Waals surface area contributed by atoms with Crippen molar-refractivity contribution >= 4 is 10.9 Å². The fourth-order valence-corrected chi connectivity index (χ4v) is 1.33. The van der Waals surface area contributed by atoms with E-state index in [1.807, 2.05) is 38.1 Å². The minimum absolute atomic E-state index is 0.155. The van der Waals surface area contributed by atoms with Gasteiger partial charge >= 0.3 is 0 Å². The molecule has 0 N–H and O–H groups in total. The zero-order valence-corrected chi connectivity index (χ0v) is 8.27. The minimum atomic E-state index is 0.155. The van der Waals surface area contributed by atoms with Crippen LogP contribution >= 0.6 is 0 Å². The van der Waals surface area contributed by atoms with Crippen LogP contribution in [0.1, 0.15) is 13.8 Å². The van der Waals surface area contributed by atoms with Gasteiger partial charge in [0.25, 0.3) is 0 Å². The molecule has 1 aromatic carbocycles. The van der Waals surface area contributed by atoms with Crippen LogP contribution in [0.2, 0.25) is 0 Å². The molecule has 0 bridgehead atoms. The first-order chi connectivity index (χ1) is 6.77. The maximum Gasteiger partial charge on any atom is 0.149 e. The Balaban J connectivity index is 2.53. The first-order valence-corrected chi connectivity index (χ1v) is 4.64. The Bertz CT molecular complexity index is 435. The molecule has 0 aliphatic rings. The summed E-state index contributed by atoms with van der Waals surface area (Å²) in [4.78, 5) is 0. The molecule has 0 amide bonds. The molecule has 0 fully saturated rings. The predicted octanol–water partition coefficient (Wildman–Crippen LogP) is 2.42. The Kier molecular flexibility index (Phi) is 2.31. The van der Waals surface area contributed by atoms with Gasteiger partial charge in [0.05, 0.1) is 17.8 Å². The SMILES string of the molecule is CC(C)Oc1cnnc2ccccc12. The van der Waals surface area contributed by atoms with Crippen molar-refractivity contribution in [1.82, 2.24) is 10.2 Å². The van der Waals surface area contributed by atoms with E-state index < -0.39 is 0 Å². The lowest BCUT2D eigenvalue weighted by molar-refractivity contribution is 0.244. The minimum Gasteiger partial charge on any atom is -0.489 e. The highest BCUT2D eigenvalue weighted by molar-refractivity contribution is 5.83. The number of hydrogen-bond donors (Lipinski definition) is 0. The standard InChI is InChI=1S/C11H12N2O/c1-8(2)14-11-7-12-13-10-6-4-3-5-9(10)11/h3-8H,1-2H3. The number of benzene rings is 1. The van der Waals surface area contributed by atoms with Gasteiger partial charge in [-0.25, -0.2) is 0 Å². The second-order valence-electron chi connectivity index (χ2n) is 3.39. The number of hydrogen-bond acceptors (Lipinski definition) is 3. The van der Waals surface area contributed by atoms with E-state index in [1.54, 1.807) is 6.20 Å². The third kappa shape index (κ3) is 1.66. The molecule has 2 rings (SSSR count). The molecule has 0 radical (unpaired) electrons. The molecule has 3 nitrogen and oxygen atoms in total. The zero-order valence-electron chi connectivity index (χ0n) is 8.27. The summed E-state index contributed by atoms with van der Waals surface area (Å²) in [5.74, 6) is 0.797. The van der Waals surface area contributed by atoms with Gasteiger partial charge in [0, 0.05) is 5.39 Å². The van der Waals surface area contributed by atoms with Crippen LogP contribution in [-0.4, -0.2) is 16.3 Å². The summed E-state index contributed by atoms with van der Waals surface area (Å²) in [7, 11) is 0. The molecule has 0 saturated carbocycles. The summed E-state index contributed by atoms with van der Waals surface area (Å²) < 4.78 is 5.62. The smallest absolute Gasteiger partial charge is 0.149 e. The number of nitrogens with zero attached hydrogens (tertiary/aromatic N) is 2. The van der Waals surface area contributed by atoms with Gasteiger partial charge in [0.2, 0.25) is 0 Å². The van der Waals surface area contributed by atoms with Crippen LogP contribution in [0.3, 0.4) is 0 Å². The molecule has 0 unspecified atom stereocenters. The molecule has 0 spiro atoms. The van der Waals surface area contributed by atoms with E-state index in [0.29, 0.717) is 0 Å². The van der Waals surface area contributed by atoms with E-state index in [2.05, 4.69) is 10.2 Å². The van der Waals surface area contributed by atoms with Crippen molar-refractivity contribution in [3.63, 3.8) is 0 Å². The number of fused-ring (bicyclic) bond motifs is 1. The summed E-state index contributed by atoms with van der Waals surface area (Å²) >= 11 is 0. The molecule has 72 valence electrons. The van der Waals surface area contributed by atoms with Crippen LogP contribution < -0.4 is 4.74 Å². The van der Waals surface area contributed by atoms with Gasteiger partial charge < -0.3 is 4.74 Å². The Labute approximate surface area is 82.7 Å². The molecule has 0 atom stereocenters. The zero-order chi connectivity index (χ0) is 9.97. The second kappa shape index (κ2) is 3.62. The van der Waals surface area contributed by atoms with E-state index in [0.717, 1.165) is 16.7 Å². The maximum absolute atomic E-state index is 5.62. The maximum atomic E-state index is 5.62. The average molecular weight is 188 g/mol. The summed E-state index contributed by atoms with van der Waals surface area (Å²) in [5.41, 5.74) is 0.866. The topological polar surface area (TPSA) is 35.0 Å². The number of rotatable bonds is 2. The van der Waals surface area contributed by atoms with Crippen LogP contribution in [0.15, 0.2) is 30.5 Å². The highest BCUT2D eigenvalue weighted by Gasteiger charge is 2.04. The lowest BCUT2D eigenvalue weighted by Gasteiger charge is -2.10. The largest absolute Gasteiger partial charge is 0.489 e. The van der Waals surface area contributed by atoms with Gasteiger partial charge in [0.1, 0.15) is 5.75 Å². The van der Waals surface area contributed by atoms with Crippen LogP contribution in [0.25, 0.3) is 10.9 Å². The van der Waals surface area contributed by atoms with Gasteiger partial charge in [0.15, 0.2) is 0 Å². The fourth-order valence-electron chi connectivity index (χ4n) is 1.33. The first-order valence-electron chi connectivity index (χ1n) is 4.64. The first kappa shape index (κ1) is 8.94. The second-order valence-corrected chi connectivity index (χ2v) is 3.39. The Morgan fingerprint density at radius 2 is 2.00 bits per heavy atom. The molecule has 0 saturated heterocycles. The van der Waals surface area contributed by atoms with Crippen LogP contribution in [0, 0.1) is 0 Å². The van der Waals surface area contributed by atoms with E-state index >= 15 is 0 Å². The molecule has 3 heteroatoms. The van der Waals surface area contributed by atoms with E-state index in [-0.39, 0.29) is 6.10 Å². The van der Waals surface area contributed by atoms with Gasteiger partial charge in [-0.1, -0.05) is 12.1 Å². The summed E-state index contributed by atoms with van der Waals surface area (Å²) in [5, 5.41) is 8.92. The number of ether oxygens (including phenoxy) is 1. The lowest BCUT2D eigenvalue weighted by Crippen LogP contribution is -2.06. The molecule has 1 aromatic heterocycles. The average Bonchev–Trinajstić information content (AvgIpc) is 2.18. The van der Waals surface area contributed by atoms with Crippen molar-refractivity contribution in [2.75, 3.05) is 0 Å². The van der Waals surface area contributed by atoms with Crippen molar-refractivity contribution in [3.8, 4) is 5.75 Å². The van der Waals surface area contributed by atoms with E-state index in [4.69, 9.17) is 4.74 Å². The fraction of sp³-hybridized carbons (Fsp3) is 0.273. The molecule has 0 aliphatic carbocycles. The summed E-state index contributed by atoms with van der Waals surface area (Å²) in [6, 6.07) is 7.82. The lowest BCUT2D eigenvalue weighted by atomic mass is 10.2. The van der Waals surface area contributed by atoms with Crippen molar-refractivity contribution in [2.24, 2.45) is 0 Å². The molecule has 2 aromatic rings. The molecule has 1 heterocycles. The highest BCUT2D eigenvalue weighted by atomic mass is 16.5. The predicted molar refractivity (Wildman–Crippen MR) is 55.3 cm³/mol. The Morgan fingerprint density at radius 1 is 1.21 bits per heavy atom. The van der Waals surface area contributed by atoms with Crippen molar-refractivity contribution in [2.45, 2.75) is 20.0 Å². The normalized spacial score (nSPS) is 10.8.